The fourth-order valence-electron chi connectivity index (χ4n) is 6.80. The summed E-state index contributed by atoms with van der Waals surface area (Å²) in [6.07, 6.45) is 2.05. The van der Waals surface area contributed by atoms with E-state index in [1.54, 1.807) is 0 Å². The van der Waals surface area contributed by atoms with Crippen molar-refractivity contribution >= 4 is 38.4 Å². The molecule has 2 heterocycles. The van der Waals surface area contributed by atoms with Gasteiger partial charge in [-0.25, -0.2) is 4.98 Å². The number of benzene rings is 5. The number of imidazole rings is 1. The van der Waals surface area contributed by atoms with E-state index in [0.717, 1.165) is 29.5 Å². The molecule has 5 aromatic carbocycles. The van der Waals surface area contributed by atoms with Gasteiger partial charge in [0.05, 0.1) is 16.6 Å². The second kappa shape index (κ2) is 6.17. The largest absolute Gasteiger partial charge is 0.292 e. The maximum absolute atomic E-state index is 5.12. The van der Waals surface area contributed by atoms with Crippen molar-refractivity contribution in [1.29, 1.82) is 0 Å². The molecule has 35 heavy (non-hydrogen) atoms. The van der Waals surface area contributed by atoms with Gasteiger partial charge in [0.25, 0.3) is 0 Å². The molecule has 0 spiro atoms. The molecule has 162 valence electrons. The molecular formula is C33H20N2. The molecule has 0 aliphatic heterocycles. The molecule has 0 N–H and O–H groups in total. The van der Waals surface area contributed by atoms with E-state index >= 15 is 0 Å². The summed E-state index contributed by atoms with van der Waals surface area (Å²) in [6, 6.07) is 35.6. The van der Waals surface area contributed by atoms with Crippen LogP contribution in [0.5, 0.6) is 0 Å². The van der Waals surface area contributed by atoms with Crippen molar-refractivity contribution in [2.45, 2.75) is 12.8 Å². The summed E-state index contributed by atoms with van der Waals surface area (Å²) in [5.41, 5.74) is 16.0. The Morgan fingerprint density at radius 2 is 1.29 bits per heavy atom. The summed E-state index contributed by atoms with van der Waals surface area (Å²) in [5.74, 6) is 0. The first-order chi connectivity index (χ1) is 17.4. The molecule has 2 heteroatoms. The number of rotatable bonds is 0. The van der Waals surface area contributed by atoms with Crippen molar-refractivity contribution in [2.75, 3.05) is 0 Å². The average Bonchev–Trinajstić information content (AvgIpc) is 3.59. The van der Waals surface area contributed by atoms with Gasteiger partial charge >= 0.3 is 0 Å². The maximum Gasteiger partial charge on any atom is 0.146 e. The van der Waals surface area contributed by atoms with Crippen LogP contribution < -0.4 is 0 Å². The Kier molecular flexibility index (Phi) is 3.16. The molecule has 0 fully saturated rings. The molecule has 2 aliphatic rings. The lowest BCUT2D eigenvalue weighted by Crippen LogP contribution is -1.93. The van der Waals surface area contributed by atoms with Crippen LogP contribution in [0.2, 0.25) is 0 Å². The third-order valence-corrected chi connectivity index (χ3v) is 8.25. The minimum absolute atomic E-state index is 1.01. The minimum Gasteiger partial charge on any atom is -0.292 e. The smallest absolute Gasteiger partial charge is 0.146 e. The molecule has 0 atom stereocenters. The summed E-state index contributed by atoms with van der Waals surface area (Å²) in [5, 5.41) is 3.87. The Balaban J connectivity index is 1.44. The van der Waals surface area contributed by atoms with E-state index in [-0.39, 0.29) is 0 Å². The molecule has 0 bridgehead atoms. The van der Waals surface area contributed by atoms with Gasteiger partial charge in [-0.15, -0.1) is 0 Å². The Labute approximate surface area is 202 Å². The number of hydrogen-bond acceptors (Lipinski definition) is 1. The van der Waals surface area contributed by atoms with Crippen LogP contribution in [0.25, 0.3) is 60.6 Å². The van der Waals surface area contributed by atoms with Crippen LogP contribution in [0.1, 0.15) is 22.3 Å². The minimum atomic E-state index is 1.01. The highest BCUT2D eigenvalue weighted by Crippen LogP contribution is 2.50. The molecule has 0 saturated heterocycles. The Hall–Kier alpha value is -4.43. The topological polar surface area (TPSA) is 17.3 Å². The number of para-hydroxylation sites is 3. The molecule has 0 saturated carbocycles. The summed E-state index contributed by atoms with van der Waals surface area (Å²) in [4.78, 5) is 5.12. The number of nitrogens with zero attached hydrogens (tertiary/aromatic N) is 2. The standard InChI is InChI=1S/C33H20N2/c1-2-8-21-19(7-1)17-26-22(21)15-16-23-27(26)18-20-13-14-25-32(31(20)23)24-9-3-5-11-29(24)35-30-12-6-4-10-28(30)34-33(25)35/h1-16H,17-18H2. The zero-order chi connectivity index (χ0) is 22.7. The van der Waals surface area contributed by atoms with E-state index in [2.05, 4.69) is 101 Å². The van der Waals surface area contributed by atoms with E-state index < -0.39 is 0 Å². The van der Waals surface area contributed by atoms with Crippen LogP contribution in [0.15, 0.2) is 97.1 Å². The van der Waals surface area contributed by atoms with Crippen molar-refractivity contribution in [3.63, 3.8) is 0 Å². The normalized spacial score (nSPS) is 13.5. The zero-order valence-corrected chi connectivity index (χ0v) is 19.0. The van der Waals surface area contributed by atoms with Crippen molar-refractivity contribution in [1.82, 2.24) is 9.38 Å². The van der Waals surface area contributed by atoms with Gasteiger partial charge in [-0.2, -0.15) is 0 Å². The van der Waals surface area contributed by atoms with Crippen LogP contribution in [0, 0.1) is 0 Å². The van der Waals surface area contributed by atoms with Gasteiger partial charge in [0.15, 0.2) is 0 Å². The Morgan fingerprint density at radius 3 is 2.26 bits per heavy atom. The molecule has 0 unspecified atom stereocenters. The lowest BCUT2D eigenvalue weighted by atomic mass is 9.93. The first-order valence-corrected chi connectivity index (χ1v) is 12.3. The van der Waals surface area contributed by atoms with Gasteiger partial charge in [-0.05, 0) is 75.5 Å². The highest BCUT2D eigenvalue weighted by Gasteiger charge is 2.30. The maximum atomic E-state index is 5.12. The van der Waals surface area contributed by atoms with Crippen LogP contribution in [-0.2, 0) is 12.8 Å². The number of pyridine rings is 1. The van der Waals surface area contributed by atoms with E-state index in [1.807, 2.05) is 0 Å². The van der Waals surface area contributed by atoms with Crippen molar-refractivity contribution in [2.24, 2.45) is 0 Å². The van der Waals surface area contributed by atoms with Gasteiger partial charge in [0.2, 0.25) is 0 Å². The summed E-state index contributed by atoms with van der Waals surface area (Å²) in [7, 11) is 0. The van der Waals surface area contributed by atoms with Gasteiger partial charge in [-0.1, -0.05) is 78.9 Å². The molecule has 7 aromatic rings. The van der Waals surface area contributed by atoms with Crippen LogP contribution in [0.4, 0.5) is 0 Å². The lowest BCUT2D eigenvalue weighted by Gasteiger charge is -2.14. The third-order valence-electron chi connectivity index (χ3n) is 8.25. The van der Waals surface area contributed by atoms with E-state index in [4.69, 9.17) is 4.98 Å². The molecule has 9 rings (SSSR count). The highest BCUT2D eigenvalue weighted by atomic mass is 15.0. The lowest BCUT2D eigenvalue weighted by molar-refractivity contribution is 1.16. The second-order valence-corrected chi connectivity index (χ2v) is 9.93. The SMILES string of the molecule is c1ccc2c(c1)Cc1c-2ccc2c1Cc1ccc3c(c1-2)c1ccccc1n1c2ccccc2nc31. The number of fused-ring (bicyclic) bond motifs is 16. The fraction of sp³-hybridized carbons (Fsp3) is 0.0606. The van der Waals surface area contributed by atoms with Crippen LogP contribution >= 0.6 is 0 Å². The van der Waals surface area contributed by atoms with Crippen molar-refractivity contribution < 1.29 is 0 Å². The Morgan fingerprint density at radius 1 is 0.543 bits per heavy atom. The van der Waals surface area contributed by atoms with Crippen molar-refractivity contribution in [3.05, 3.63) is 119 Å². The van der Waals surface area contributed by atoms with Gasteiger partial charge in [0.1, 0.15) is 5.65 Å². The first-order valence-electron chi connectivity index (χ1n) is 12.3. The van der Waals surface area contributed by atoms with Crippen LogP contribution in [-0.4, -0.2) is 9.38 Å². The predicted molar refractivity (Wildman–Crippen MR) is 144 cm³/mol. The molecule has 2 nitrogen and oxygen atoms in total. The molecule has 2 aliphatic carbocycles. The molecule has 2 aromatic heterocycles. The zero-order valence-electron chi connectivity index (χ0n) is 19.0. The predicted octanol–water partition coefficient (Wildman–Crippen LogP) is 7.94. The van der Waals surface area contributed by atoms with Gasteiger partial charge in [0, 0.05) is 16.2 Å². The van der Waals surface area contributed by atoms with E-state index in [1.165, 1.54) is 66.2 Å². The summed E-state index contributed by atoms with van der Waals surface area (Å²) >= 11 is 0. The first kappa shape index (κ1) is 18.0. The highest BCUT2D eigenvalue weighted by molar-refractivity contribution is 6.20. The monoisotopic (exact) mass is 444 g/mol. The van der Waals surface area contributed by atoms with Gasteiger partial charge < -0.3 is 0 Å². The van der Waals surface area contributed by atoms with Crippen LogP contribution in [0.3, 0.4) is 0 Å². The number of aromatic nitrogens is 2. The molecule has 0 amide bonds. The van der Waals surface area contributed by atoms with Crippen molar-refractivity contribution in [3.8, 4) is 22.3 Å². The van der Waals surface area contributed by atoms with E-state index in [0.29, 0.717) is 0 Å². The quantitative estimate of drug-likeness (QED) is 0.217. The third kappa shape index (κ3) is 2.14. The molecule has 0 radical (unpaired) electrons. The average molecular weight is 445 g/mol. The second-order valence-electron chi connectivity index (χ2n) is 9.93. The number of hydrogen-bond donors (Lipinski definition) is 0. The van der Waals surface area contributed by atoms with E-state index in [9.17, 15) is 0 Å². The fourth-order valence-corrected chi connectivity index (χ4v) is 6.80. The van der Waals surface area contributed by atoms with Gasteiger partial charge in [-0.3, -0.25) is 4.40 Å². The molecular weight excluding hydrogens is 424 g/mol. The summed E-state index contributed by atoms with van der Waals surface area (Å²) in [6.45, 7) is 0. The Bertz CT molecular complexity index is 2060. The summed E-state index contributed by atoms with van der Waals surface area (Å²) < 4.78 is 2.34.